The second kappa shape index (κ2) is 5.87. The van der Waals surface area contributed by atoms with Crippen LogP contribution in [0.4, 0.5) is 0 Å². The average molecular weight is 435 g/mol. The zero-order valence-electron chi connectivity index (χ0n) is 9.62. The van der Waals surface area contributed by atoms with Crippen LogP contribution < -0.4 is 0 Å². The number of aliphatic hydroxyl groups excluding tert-OH is 1. The first-order valence-electron chi connectivity index (χ1n) is 5.38. The van der Waals surface area contributed by atoms with Gasteiger partial charge >= 0.3 is 0 Å². The minimum absolute atomic E-state index is 0.635. The van der Waals surface area contributed by atoms with Crippen molar-refractivity contribution in [1.82, 2.24) is 0 Å². The number of benzene rings is 2. The van der Waals surface area contributed by atoms with Crippen molar-refractivity contribution in [2.75, 3.05) is 0 Å². The molecule has 4 heteroatoms. The van der Waals surface area contributed by atoms with Gasteiger partial charge in [0.2, 0.25) is 0 Å². The zero-order chi connectivity index (χ0) is 13.3. The van der Waals surface area contributed by atoms with Crippen molar-refractivity contribution in [2.45, 2.75) is 13.0 Å². The predicted molar refractivity (Wildman–Crippen MR) is 84.8 cm³/mol. The molecular formula is C14H11Br3O. The van der Waals surface area contributed by atoms with Crippen molar-refractivity contribution in [3.63, 3.8) is 0 Å². The summed E-state index contributed by atoms with van der Waals surface area (Å²) in [7, 11) is 0. The summed E-state index contributed by atoms with van der Waals surface area (Å²) in [5.74, 6) is 0. The summed E-state index contributed by atoms with van der Waals surface area (Å²) in [6.45, 7) is 2.01. The fourth-order valence-electron chi connectivity index (χ4n) is 1.74. The van der Waals surface area contributed by atoms with Crippen molar-refractivity contribution in [1.29, 1.82) is 0 Å². The standard InChI is InChI=1S/C14H11Br3O/c1-8-6-9(2-4-12(8)16)14(18)11-7-10(15)3-5-13(11)17/h2-7,14,18H,1H3. The van der Waals surface area contributed by atoms with Crippen LogP contribution in [0.15, 0.2) is 49.8 Å². The van der Waals surface area contributed by atoms with Crippen LogP contribution in [0.5, 0.6) is 0 Å². The molecule has 0 saturated heterocycles. The van der Waals surface area contributed by atoms with E-state index in [4.69, 9.17) is 0 Å². The van der Waals surface area contributed by atoms with Crippen molar-refractivity contribution in [2.24, 2.45) is 0 Å². The molecule has 0 amide bonds. The maximum absolute atomic E-state index is 10.4. The Hall–Kier alpha value is -0.160. The first-order valence-corrected chi connectivity index (χ1v) is 7.76. The van der Waals surface area contributed by atoms with E-state index in [2.05, 4.69) is 47.8 Å². The monoisotopic (exact) mass is 432 g/mol. The average Bonchev–Trinajstić information content (AvgIpc) is 2.35. The first kappa shape index (κ1) is 14.3. The fourth-order valence-corrected chi connectivity index (χ4v) is 2.83. The van der Waals surface area contributed by atoms with Gasteiger partial charge in [0.15, 0.2) is 0 Å². The topological polar surface area (TPSA) is 20.2 Å². The van der Waals surface area contributed by atoms with Crippen LogP contribution in [-0.2, 0) is 0 Å². The molecule has 0 spiro atoms. The molecule has 0 aromatic heterocycles. The number of halogens is 3. The van der Waals surface area contributed by atoms with E-state index >= 15 is 0 Å². The van der Waals surface area contributed by atoms with E-state index in [1.165, 1.54) is 0 Å². The Morgan fingerprint density at radius 3 is 2.28 bits per heavy atom. The molecule has 94 valence electrons. The number of hydrogen-bond acceptors (Lipinski definition) is 1. The first-order chi connectivity index (χ1) is 8.49. The molecule has 2 aromatic carbocycles. The van der Waals surface area contributed by atoms with Gasteiger partial charge in [0, 0.05) is 19.0 Å². The van der Waals surface area contributed by atoms with Crippen molar-refractivity contribution in [3.05, 3.63) is 66.5 Å². The van der Waals surface area contributed by atoms with Gasteiger partial charge in [0.25, 0.3) is 0 Å². The van der Waals surface area contributed by atoms with Gasteiger partial charge < -0.3 is 5.11 Å². The van der Waals surface area contributed by atoms with Crippen molar-refractivity contribution >= 4 is 47.8 Å². The van der Waals surface area contributed by atoms with Gasteiger partial charge in [0.05, 0.1) is 0 Å². The van der Waals surface area contributed by atoms with Crippen LogP contribution in [0.2, 0.25) is 0 Å². The lowest BCUT2D eigenvalue weighted by atomic mass is 10.0. The fraction of sp³-hybridized carbons (Fsp3) is 0.143. The van der Waals surface area contributed by atoms with E-state index in [0.717, 1.165) is 30.1 Å². The number of aryl methyl sites for hydroxylation is 1. The normalized spacial score (nSPS) is 12.5. The lowest BCUT2D eigenvalue weighted by molar-refractivity contribution is 0.219. The van der Waals surface area contributed by atoms with Crippen LogP contribution in [0.25, 0.3) is 0 Å². The molecule has 0 saturated carbocycles. The van der Waals surface area contributed by atoms with Crippen molar-refractivity contribution in [3.8, 4) is 0 Å². The Bertz CT molecular complexity index is 581. The van der Waals surface area contributed by atoms with Gasteiger partial charge in [-0.05, 0) is 42.3 Å². The van der Waals surface area contributed by atoms with E-state index in [1.807, 2.05) is 43.3 Å². The Morgan fingerprint density at radius 2 is 1.61 bits per heavy atom. The molecule has 0 aliphatic rings. The van der Waals surface area contributed by atoms with Crippen LogP contribution in [0.3, 0.4) is 0 Å². The summed E-state index contributed by atoms with van der Waals surface area (Å²) in [5.41, 5.74) is 2.85. The Balaban J connectivity index is 2.44. The number of hydrogen-bond donors (Lipinski definition) is 1. The minimum atomic E-state index is -0.635. The van der Waals surface area contributed by atoms with Crippen LogP contribution in [-0.4, -0.2) is 5.11 Å². The molecule has 0 aliphatic heterocycles. The summed E-state index contributed by atoms with van der Waals surface area (Å²) >= 11 is 10.4. The predicted octanol–water partition coefficient (Wildman–Crippen LogP) is 5.36. The molecule has 0 fully saturated rings. The Morgan fingerprint density at radius 1 is 0.944 bits per heavy atom. The highest BCUT2D eigenvalue weighted by atomic mass is 79.9. The lowest BCUT2D eigenvalue weighted by Gasteiger charge is -2.15. The summed E-state index contributed by atoms with van der Waals surface area (Å²) in [4.78, 5) is 0. The maximum Gasteiger partial charge on any atom is 0.105 e. The summed E-state index contributed by atoms with van der Waals surface area (Å²) in [5, 5.41) is 10.4. The molecule has 1 unspecified atom stereocenters. The van der Waals surface area contributed by atoms with Crippen molar-refractivity contribution < 1.29 is 5.11 Å². The smallest absolute Gasteiger partial charge is 0.105 e. The Labute approximate surface area is 132 Å². The van der Waals surface area contributed by atoms with Gasteiger partial charge in [0.1, 0.15) is 6.10 Å². The van der Waals surface area contributed by atoms with Gasteiger partial charge in [-0.2, -0.15) is 0 Å². The van der Waals surface area contributed by atoms with Gasteiger partial charge in [-0.15, -0.1) is 0 Å². The van der Waals surface area contributed by atoms with Crippen LogP contribution in [0.1, 0.15) is 22.8 Å². The molecule has 0 heterocycles. The van der Waals surface area contributed by atoms with Crippen LogP contribution in [0, 0.1) is 6.92 Å². The molecule has 18 heavy (non-hydrogen) atoms. The second-order valence-electron chi connectivity index (χ2n) is 4.08. The molecule has 0 aliphatic carbocycles. The quantitative estimate of drug-likeness (QED) is 0.674. The van der Waals surface area contributed by atoms with Gasteiger partial charge in [-0.3, -0.25) is 0 Å². The third-order valence-electron chi connectivity index (χ3n) is 2.75. The van der Waals surface area contributed by atoms with E-state index in [0.29, 0.717) is 0 Å². The summed E-state index contributed by atoms with van der Waals surface area (Å²) < 4.78 is 2.90. The molecule has 1 atom stereocenters. The molecular weight excluding hydrogens is 424 g/mol. The third kappa shape index (κ3) is 3.05. The summed E-state index contributed by atoms with van der Waals surface area (Å²) in [6, 6.07) is 11.7. The number of aliphatic hydroxyl groups is 1. The highest BCUT2D eigenvalue weighted by Gasteiger charge is 2.14. The molecule has 0 radical (unpaired) electrons. The van der Waals surface area contributed by atoms with Crippen LogP contribution >= 0.6 is 47.8 Å². The molecule has 0 bridgehead atoms. The minimum Gasteiger partial charge on any atom is -0.384 e. The van der Waals surface area contributed by atoms with E-state index < -0.39 is 6.10 Å². The van der Waals surface area contributed by atoms with Gasteiger partial charge in [-0.25, -0.2) is 0 Å². The molecule has 2 rings (SSSR count). The lowest BCUT2D eigenvalue weighted by Crippen LogP contribution is -2.01. The maximum atomic E-state index is 10.4. The largest absolute Gasteiger partial charge is 0.384 e. The third-order valence-corrected chi connectivity index (χ3v) is 4.86. The van der Waals surface area contributed by atoms with E-state index in [1.54, 1.807) is 0 Å². The van der Waals surface area contributed by atoms with E-state index in [9.17, 15) is 5.11 Å². The SMILES string of the molecule is Cc1cc(C(O)c2cc(Br)ccc2Br)ccc1Br. The summed E-state index contributed by atoms with van der Waals surface area (Å²) in [6.07, 6.45) is -0.635. The molecule has 1 N–H and O–H groups in total. The molecule has 2 aromatic rings. The highest BCUT2D eigenvalue weighted by Crippen LogP contribution is 2.32. The van der Waals surface area contributed by atoms with Gasteiger partial charge in [-0.1, -0.05) is 59.9 Å². The zero-order valence-corrected chi connectivity index (χ0v) is 14.4. The van der Waals surface area contributed by atoms with E-state index in [-0.39, 0.29) is 0 Å². The second-order valence-corrected chi connectivity index (χ2v) is 6.70. The molecule has 1 nitrogen and oxygen atoms in total. The highest BCUT2D eigenvalue weighted by molar-refractivity contribution is 9.11. The number of rotatable bonds is 2. The Kier molecular flexibility index (Phi) is 4.64.